The van der Waals surface area contributed by atoms with Gasteiger partial charge in [0.15, 0.2) is 0 Å². The molecule has 3 aromatic heterocycles. The zero-order valence-corrected chi connectivity index (χ0v) is 23.2. The number of halogens is 3. The molecule has 0 amide bonds. The molecule has 0 spiro atoms. The molecular weight excluding hydrogens is 531 g/mol. The summed E-state index contributed by atoms with van der Waals surface area (Å²) in [7, 11) is 0. The fraction of sp³-hybridized carbons (Fsp3) is 0.481. The van der Waals surface area contributed by atoms with Gasteiger partial charge < -0.3 is 20.5 Å². The number of nitrogens with zero attached hydrogens (tertiary/aromatic N) is 3. The molecule has 8 nitrogen and oxygen atoms in total. The molecule has 0 fully saturated rings. The minimum absolute atomic E-state index is 0.0691. The fourth-order valence-electron chi connectivity index (χ4n) is 4.26. The lowest BCUT2D eigenvalue weighted by molar-refractivity contribution is -0.0328. The summed E-state index contributed by atoms with van der Waals surface area (Å²) in [5, 5.41) is 4.56. The number of esters is 1. The van der Waals surface area contributed by atoms with Crippen LogP contribution in [-0.4, -0.2) is 44.4 Å². The number of ether oxygens (including phenoxy) is 2. The molecule has 210 valence electrons. The van der Waals surface area contributed by atoms with Gasteiger partial charge in [-0.3, -0.25) is 0 Å². The van der Waals surface area contributed by atoms with Gasteiger partial charge in [0.1, 0.15) is 17.7 Å². The van der Waals surface area contributed by atoms with Crippen molar-refractivity contribution in [2.24, 2.45) is 5.73 Å². The molecule has 4 rings (SSSR count). The number of thioether (sulfide) groups is 1. The zero-order chi connectivity index (χ0) is 28.5. The highest BCUT2D eigenvalue weighted by atomic mass is 32.2. The van der Waals surface area contributed by atoms with Crippen molar-refractivity contribution < 1.29 is 27.4 Å². The quantitative estimate of drug-likeness (QED) is 0.285. The summed E-state index contributed by atoms with van der Waals surface area (Å²) in [5.74, 6) is 0.707. The molecule has 0 radical (unpaired) electrons. The smallest absolute Gasteiger partial charge is 0.441 e. The van der Waals surface area contributed by atoms with Crippen LogP contribution in [0.25, 0.3) is 10.8 Å². The van der Waals surface area contributed by atoms with E-state index in [1.807, 2.05) is 33.8 Å². The summed E-state index contributed by atoms with van der Waals surface area (Å²) in [6.07, 6.45) is 3.30. The van der Waals surface area contributed by atoms with Gasteiger partial charge in [-0.1, -0.05) is 25.6 Å². The molecule has 39 heavy (non-hydrogen) atoms. The number of alkyl halides is 3. The number of rotatable bonds is 9. The van der Waals surface area contributed by atoms with Gasteiger partial charge >= 0.3 is 11.5 Å². The van der Waals surface area contributed by atoms with Crippen molar-refractivity contribution in [1.82, 2.24) is 15.0 Å². The van der Waals surface area contributed by atoms with Crippen molar-refractivity contribution in [3.63, 3.8) is 0 Å². The lowest BCUT2D eigenvalue weighted by atomic mass is 9.88. The van der Waals surface area contributed by atoms with E-state index in [9.17, 15) is 18.0 Å². The number of fused-ring (bicyclic) bond motifs is 2. The van der Waals surface area contributed by atoms with Crippen LogP contribution >= 0.6 is 11.8 Å². The van der Waals surface area contributed by atoms with E-state index in [1.54, 1.807) is 31.5 Å². The van der Waals surface area contributed by atoms with Gasteiger partial charge in [-0.2, -0.15) is 13.2 Å². The third kappa shape index (κ3) is 6.55. The lowest BCUT2D eigenvalue weighted by Crippen LogP contribution is -2.32. The number of cyclic esters (lactones) is 1. The highest BCUT2D eigenvalue weighted by Crippen LogP contribution is 2.36. The molecule has 0 aliphatic carbocycles. The summed E-state index contributed by atoms with van der Waals surface area (Å²) < 4.78 is 48.9. The molecule has 0 bridgehead atoms. The summed E-state index contributed by atoms with van der Waals surface area (Å²) in [4.78, 5) is 25.9. The Morgan fingerprint density at radius 3 is 2.62 bits per heavy atom. The Kier molecular flexibility index (Phi) is 8.27. The summed E-state index contributed by atoms with van der Waals surface area (Å²) in [6.45, 7) is 9.38. The first-order chi connectivity index (χ1) is 18.3. The van der Waals surface area contributed by atoms with Crippen LogP contribution in [0.5, 0.6) is 5.88 Å². The van der Waals surface area contributed by atoms with E-state index in [0.29, 0.717) is 34.7 Å². The Bertz CT molecular complexity index is 1370. The number of carbonyl (C=O) groups is 1. The number of nitrogens with one attached hydrogen (secondary N) is 1. The third-order valence-corrected chi connectivity index (χ3v) is 7.78. The van der Waals surface area contributed by atoms with Crippen LogP contribution < -0.4 is 15.8 Å². The second-order valence-electron chi connectivity index (χ2n) is 10.0. The van der Waals surface area contributed by atoms with E-state index >= 15 is 0 Å². The molecule has 0 saturated heterocycles. The largest absolute Gasteiger partial charge is 0.474 e. The summed E-state index contributed by atoms with van der Waals surface area (Å²) >= 11 is -0.0726. The summed E-state index contributed by atoms with van der Waals surface area (Å²) in [5.41, 5.74) is 3.49. The van der Waals surface area contributed by atoms with Crippen molar-refractivity contribution in [1.29, 1.82) is 0 Å². The van der Waals surface area contributed by atoms with E-state index in [0.717, 1.165) is 10.9 Å². The van der Waals surface area contributed by atoms with E-state index in [2.05, 4.69) is 20.3 Å². The third-order valence-electron chi connectivity index (χ3n) is 7.02. The number of carbonyl (C=O) groups excluding carboxylic acids is 1. The molecule has 1 aliphatic rings. The molecule has 0 unspecified atom stereocenters. The van der Waals surface area contributed by atoms with Gasteiger partial charge in [-0.25, -0.2) is 19.7 Å². The SMILES string of the molecule is CC[C@@](C)(N)c1cnc(O[C@H](C)CCSC(F)(F)F)c2cnc(Nc3ccc4c(n3)[C@@H](C)[C@H](C)OC4=O)cc12. The average Bonchev–Trinajstić information content (AvgIpc) is 2.86. The Balaban J connectivity index is 1.65. The molecule has 1 aliphatic heterocycles. The van der Waals surface area contributed by atoms with Crippen molar-refractivity contribution in [2.75, 3.05) is 11.1 Å². The van der Waals surface area contributed by atoms with Crippen LogP contribution in [-0.2, 0) is 10.3 Å². The van der Waals surface area contributed by atoms with E-state index < -0.39 is 23.1 Å². The Morgan fingerprint density at radius 1 is 1.18 bits per heavy atom. The monoisotopic (exact) mass is 563 g/mol. The second-order valence-corrected chi connectivity index (χ2v) is 11.2. The van der Waals surface area contributed by atoms with Crippen LogP contribution in [0.1, 0.15) is 75.0 Å². The van der Waals surface area contributed by atoms with Gasteiger partial charge in [0, 0.05) is 29.6 Å². The topological polar surface area (TPSA) is 112 Å². The molecule has 12 heteroatoms. The van der Waals surface area contributed by atoms with Crippen molar-refractivity contribution in [3.8, 4) is 5.88 Å². The highest BCUT2D eigenvalue weighted by Gasteiger charge is 2.32. The van der Waals surface area contributed by atoms with E-state index in [4.69, 9.17) is 15.2 Å². The Morgan fingerprint density at radius 2 is 1.92 bits per heavy atom. The van der Waals surface area contributed by atoms with Crippen LogP contribution in [0.3, 0.4) is 0 Å². The van der Waals surface area contributed by atoms with Crippen LogP contribution in [0.15, 0.2) is 30.6 Å². The number of aromatic nitrogens is 3. The Hall–Kier alpha value is -3.12. The van der Waals surface area contributed by atoms with Crippen molar-refractivity contribution in [2.45, 2.75) is 76.6 Å². The number of nitrogens with two attached hydrogens (primary N) is 1. The van der Waals surface area contributed by atoms with Gasteiger partial charge in [0.05, 0.1) is 22.7 Å². The molecule has 3 aromatic rings. The maximum absolute atomic E-state index is 12.5. The number of hydrogen-bond donors (Lipinski definition) is 2. The van der Waals surface area contributed by atoms with Crippen LogP contribution in [0, 0.1) is 0 Å². The lowest BCUT2D eigenvalue weighted by Gasteiger charge is -2.27. The van der Waals surface area contributed by atoms with Crippen LogP contribution in [0.4, 0.5) is 24.8 Å². The maximum Gasteiger partial charge on any atom is 0.441 e. The minimum Gasteiger partial charge on any atom is -0.474 e. The predicted octanol–water partition coefficient (Wildman–Crippen LogP) is 6.43. The molecule has 0 saturated carbocycles. The van der Waals surface area contributed by atoms with Gasteiger partial charge in [0.25, 0.3) is 0 Å². The number of hydrogen-bond acceptors (Lipinski definition) is 9. The zero-order valence-electron chi connectivity index (χ0n) is 22.4. The van der Waals surface area contributed by atoms with Gasteiger partial charge in [0.2, 0.25) is 5.88 Å². The normalized spacial score (nSPS) is 19.7. The van der Waals surface area contributed by atoms with Gasteiger partial charge in [-0.15, -0.1) is 0 Å². The average molecular weight is 564 g/mol. The molecule has 0 aromatic carbocycles. The fourth-order valence-corrected chi connectivity index (χ4v) is 4.94. The first-order valence-corrected chi connectivity index (χ1v) is 13.7. The maximum atomic E-state index is 12.5. The molecule has 4 heterocycles. The van der Waals surface area contributed by atoms with E-state index in [1.165, 1.54) is 0 Å². The first-order valence-electron chi connectivity index (χ1n) is 12.7. The van der Waals surface area contributed by atoms with Crippen molar-refractivity contribution in [3.05, 3.63) is 47.4 Å². The molecule has 4 atom stereocenters. The molecular formula is C27H32F3N5O3S. The van der Waals surface area contributed by atoms with E-state index in [-0.39, 0.29) is 41.8 Å². The predicted molar refractivity (Wildman–Crippen MR) is 145 cm³/mol. The number of pyridine rings is 3. The Labute approximate surface area is 229 Å². The highest BCUT2D eigenvalue weighted by molar-refractivity contribution is 8.00. The first kappa shape index (κ1) is 28.9. The van der Waals surface area contributed by atoms with Crippen LogP contribution in [0.2, 0.25) is 0 Å². The van der Waals surface area contributed by atoms with Gasteiger partial charge in [-0.05, 0) is 62.8 Å². The minimum atomic E-state index is -4.28. The standard InChI is InChI=1S/C27H32F3N5O3S/c1-6-26(5,31)20-13-33-24(37-14(2)9-10-39-27(28,29)30)19-12-32-22(11-18(19)20)34-21-8-7-17-23(35-21)15(3)16(4)38-25(17)36/h7-8,11-16H,6,9-10,31H2,1-5H3,(H,32,34,35)/t14-,15+,16+,26-/m1/s1. The molecule has 3 N–H and O–H groups in total. The number of anilines is 2. The summed E-state index contributed by atoms with van der Waals surface area (Å²) in [6, 6.07) is 5.20. The second kappa shape index (κ2) is 11.2. The van der Waals surface area contributed by atoms with Crippen molar-refractivity contribution >= 4 is 40.1 Å².